The van der Waals surface area contributed by atoms with Gasteiger partial charge in [0.05, 0.1) is 10.6 Å². The van der Waals surface area contributed by atoms with E-state index in [1.807, 2.05) is 0 Å². The molecule has 0 fully saturated rings. The molecule has 20 heavy (non-hydrogen) atoms. The molecule has 0 unspecified atom stereocenters. The predicted octanol–water partition coefficient (Wildman–Crippen LogP) is 2.54. The van der Waals surface area contributed by atoms with Crippen LogP contribution < -0.4 is 10.5 Å². The van der Waals surface area contributed by atoms with E-state index in [-0.39, 0.29) is 17.1 Å². The number of sulfonamides is 1. The van der Waals surface area contributed by atoms with Crippen LogP contribution >= 0.6 is 11.6 Å². The van der Waals surface area contributed by atoms with Crippen molar-refractivity contribution in [3.05, 3.63) is 58.9 Å². The second-order valence-corrected chi connectivity index (χ2v) is 6.27. The van der Waals surface area contributed by atoms with Crippen molar-refractivity contribution in [2.75, 3.05) is 5.73 Å². The van der Waals surface area contributed by atoms with E-state index in [0.29, 0.717) is 10.6 Å². The van der Waals surface area contributed by atoms with E-state index in [0.717, 1.165) is 18.2 Å². The van der Waals surface area contributed by atoms with Gasteiger partial charge in [-0.25, -0.2) is 17.5 Å². The molecule has 0 saturated heterocycles. The molecule has 0 spiro atoms. The van der Waals surface area contributed by atoms with Crippen LogP contribution in [0.2, 0.25) is 5.02 Å². The highest BCUT2D eigenvalue weighted by atomic mass is 35.5. The maximum absolute atomic E-state index is 13.0. The van der Waals surface area contributed by atoms with Crippen molar-refractivity contribution in [3.63, 3.8) is 0 Å². The third-order valence-corrected chi connectivity index (χ3v) is 4.46. The van der Waals surface area contributed by atoms with Crippen molar-refractivity contribution < 1.29 is 12.8 Å². The van der Waals surface area contributed by atoms with E-state index in [1.165, 1.54) is 0 Å². The van der Waals surface area contributed by atoms with Crippen molar-refractivity contribution in [1.82, 2.24) is 4.72 Å². The van der Waals surface area contributed by atoms with Crippen LogP contribution in [0.25, 0.3) is 0 Å². The van der Waals surface area contributed by atoms with Gasteiger partial charge in [0.2, 0.25) is 10.0 Å². The highest BCUT2D eigenvalue weighted by molar-refractivity contribution is 7.89. The Morgan fingerprint density at radius 2 is 1.90 bits per heavy atom. The van der Waals surface area contributed by atoms with Crippen LogP contribution in [-0.4, -0.2) is 8.42 Å². The zero-order valence-corrected chi connectivity index (χ0v) is 11.9. The average molecular weight is 315 g/mol. The molecule has 0 saturated carbocycles. The Bertz CT molecular complexity index is 735. The number of rotatable bonds is 4. The van der Waals surface area contributed by atoms with Gasteiger partial charge in [0.1, 0.15) is 5.82 Å². The predicted molar refractivity (Wildman–Crippen MR) is 76.3 cm³/mol. The molecular formula is C13H12ClFN2O2S. The summed E-state index contributed by atoms with van der Waals surface area (Å²) in [5, 5.41) is 0.467. The lowest BCUT2D eigenvalue weighted by Crippen LogP contribution is -2.23. The molecule has 0 bridgehead atoms. The van der Waals surface area contributed by atoms with Crippen molar-refractivity contribution in [2.24, 2.45) is 0 Å². The molecule has 0 aromatic heterocycles. The Balaban J connectivity index is 2.19. The molecule has 0 aliphatic carbocycles. The smallest absolute Gasteiger partial charge is 0.240 e. The third kappa shape index (κ3) is 3.27. The first-order chi connectivity index (χ1) is 9.40. The SMILES string of the molecule is Nc1cc(S(=O)(=O)NCc2ccccc2Cl)ccc1F. The number of benzene rings is 2. The van der Waals surface area contributed by atoms with E-state index in [4.69, 9.17) is 17.3 Å². The quantitative estimate of drug-likeness (QED) is 0.852. The van der Waals surface area contributed by atoms with Crippen LogP contribution in [0.4, 0.5) is 10.1 Å². The molecule has 3 N–H and O–H groups in total. The number of nitrogens with two attached hydrogens (primary N) is 1. The van der Waals surface area contributed by atoms with E-state index in [2.05, 4.69) is 4.72 Å². The number of nitrogens with one attached hydrogen (secondary N) is 1. The molecule has 4 nitrogen and oxygen atoms in total. The van der Waals surface area contributed by atoms with Crippen LogP contribution in [0.3, 0.4) is 0 Å². The van der Waals surface area contributed by atoms with E-state index >= 15 is 0 Å². The fraction of sp³-hybridized carbons (Fsp3) is 0.0769. The van der Waals surface area contributed by atoms with Crippen LogP contribution in [0, 0.1) is 5.82 Å². The van der Waals surface area contributed by atoms with Crippen molar-refractivity contribution >= 4 is 27.3 Å². The molecule has 2 aromatic carbocycles. The van der Waals surface area contributed by atoms with Gasteiger partial charge in [0, 0.05) is 11.6 Å². The molecule has 0 heterocycles. The van der Waals surface area contributed by atoms with Gasteiger partial charge in [0.15, 0.2) is 0 Å². The monoisotopic (exact) mass is 314 g/mol. The number of nitrogen functional groups attached to an aromatic ring is 1. The minimum absolute atomic E-state index is 0.0410. The standard InChI is InChI=1S/C13H12ClFN2O2S/c14-11-4-2-1-3-9(11)8-17-20(18,19)10-5-6-12(15)13(16)7-10/h1-7,17H,8,16H2. The molecule has 0 radical (unpaired) electrons. The lowest BCUT2D eigenvalue weighted by molar-refractivity contribution is 0.580. The van der Waals surface area contributed by atoms with Gasteiger partial charge < -0.3 is 5.73 Å². The summed E-state index contributed by atoms with van der Waals surface area (Å²) in [5.74, 6) is -0.657. The Hall–Kier alpha value is -1.63. The Morgan fingerprint density at radius 1 is 1.20 bits per heavy atom. The molecule has 2 rings (SSSR count). The van der Waals surface area contributed by atoms with Gasteiger partial charge in [-0.1, -0.05) is 29.8 Å². The van der Waals surface area contributed by atoms with Gasteiger partial charge in [-0.3, -0.25) is 0 Å². The van der Waals surface area contributed by atoms with Crippen LogP contribution in [0.1, 0.15) is 5.56 Å². The lowest BCUT2D eigenvalue weighted by atomic mass is 10.2. The zero-order valence-electron chi connectivity index (χ0n) is 10.3. The highest BCUT2D eigenvalue weighted by Crippen LogP contribution is 2.18. The minimum atomic E-state index is -3.77. The number of anilines is 1. The lowest BCUT2D eigenvalue weighted by Gasteiger charge is -2.09. The van der Waals surface area contributed by atoms with Crippen molar-refractivity contribution in [2.45, 2.75) is 11.4 Å². The second kappa shape index (κ2) is 5.78. The van der Waals surface area contributed by atoms with Crippen molar-refractivity contribution in [1.29, 1.82) is 0 Å². The largest absolute Gasteiger partial charge is 0.396 e. The Labute approximate surface area is 121 Å². The minimum Gasteiger partial charge on any atom is -0.396 e. The first kappa shape index (κ1) is 14.8. The number of hydrogen-bond acceptors (Lipinski definition) is 3. The highest BCUT2D eigenvalue weighted by Gasteiger charge is 2.15. The van der Waals surface area contributed by atoms with E-state index in [1.54, 1.807) is 24.3 Å². The van der Waals surface area contributed by atoms with Gasteiger partial charge in [-0.2, -0.15) is 0 Å². The molecule has 0 aliphatic rings. The molecule has 2 aromatic rings. The van der Waals surface area contributed by atoms with Crippen LogP contribution in [0.15, 0.2) is 47.4 Å². The zero-order chi connectivity index (χ0) is 14.8. The normalized spacial score (nSPS) is 11.5. The fourth-order valence-corrected chi connectivity index (χ4v) is 2.83. The molecule has 0 aliphatic heterocycles. The molecule has 7 heteroatoms. The second-order valence-electron chi connectivity index (χ2n) is 4.10. The fourth-order valence-electron chi connectivity index (χ4n) is 1.59. The first-order valence-electron chi connectivity index (χ1n) is 5.68. The summed E-state index contributed by atoms with van der Waals surface area (Å²) >= 11 is 5.94. The summed E-state index contributed by atoms with van der Waals surface area (Å²) in [7, 11) is -3.77. The number of halogens is 2. The third-order valence-electron chi connectivity index (χ3n) is 2.69. The maximum atomic E-state index is 13.0. The summed E-state index contributed by atoms with van der Waals surface area (Å²) in [4.78, 5) is -0.0940. The van der Waals surface area contributed by atoms with Gasteiger partial charge >= 0.3 is 0 Å². The summed E-state index contributed by atoms with van der Waals surface area (Å²) < 4.78 is 39.5. The van der Waals surface area contributed by atoms with Crippen molar-refractivity contribution in [3.8, 4) is 0 Å². The topological polar surface area (TPSA) is 72.2 Å². The molecule has 0 amide bonds. The van der Waals surface area contributed by atoms with Crippen LogP contribution in [-0.2, 0) is 16.6 Å². The summed E-state index contributed by atoms with van der Waals surface area (Å²) in [5.41, 5.74) is 5.79. The van der Waals surface area contributed by atoms with Gasteiger partial charge in [-0.15, -0.1) is 0 Å². The molecule has 0 atom stereocenters. The maximum Gasteiger partial charge on any atom is 0.240 e. The Kier molecular flexibility index (Phi) is 4.27. The first-order valence-corrected chi connectivity index (χ1v) is 7.54. The van der Waals surface area contributed by atoms with Gasteiger partial charge in [-0.05, 0) is 29.8 Å². The van der Waals surface area contributed by atoms with E-state index < -0.39 is 15.8 Å². The van der Waals surface area contributed by atoms with Crippen LogP contribution in [0.5, 0.6) is 0 Å². The molecular weight excluding hydrogens is 303 g/mol. The molecule has 106 valence electrons. The summed E-state index contributed by atoms with van der Waals surface area (Å²) in [6, 6.07) is 10.1. The van der Waals surface area contributed by atoms with E-state index in [9.17, 15) is 12.8 Å². The average Bonchev–Trinajstić information content (AvgIpc) is 2.41. The summed E-state index contributed by atoms with van der Waals surface area (Å²) in [6.07, 6.45) is 0. The summed E-state index contributed by atoms with van der Waals surface area (Å²) in [6.45, 7) is 0.0410. The Morgan fingerprint density at radius 3 is 2.55 bits per heavy atom. The van der Waals surface area contributed by atoms with Gasteiger partial charge in [0.25, 0.3) is 0 Å². The number of hydrogen-bond donors (Lipinski definition) is 2.